The average Bonchev–Trinajstić information content (AvgIpc) is 2.73. The zero-order chi connectivity index (χ0) is 12.5. The zero-order valence-electron chi connectivity index (χ0n) is 9.33. The van der Waals surface area contributed by atoms with Crippen LogP contribution < -0.4 is 9.62 Å². The van der Waals surface area contributed by atoms with E-state index in [1.165, 1.54) is 11.9 Å². The number of carbonyl (C=O) groups excluding carboxylic acids is 1. The molecule has 0 bridgehead atoms. The third-order valence-electron chi connectivity index (χ3n) is 2.59. The second-order valence-corrected chi connectivity index (χ2v) is 5.35. The van der Waals surface area contributed by atoms with Gasteiger partial charge in [-0.05, 0) is 12.1 Å². The maximum absolute atomic E-state index is 11.9. The van der Waals surface area contributed by atoms with Gasteiger partial charge in [-0.1, -0.05) is 18.2 Å². The van der Waals surface area contributed by atoms with Gasteiger partial charge in [0.1, 0.15) is 0 Å². The predicted molar refractivity (Wildman–Crippen MR) is 63.9 cm³/mol. The Morgan fingerprint density at radius 3 is 2.41 bits per heavy atom. The van der Waals surface area contributed by atoms with Crippen LogP contribution in [0.2, 0.25) is 0 Å². The fourth-order valence-corrected chi connectivity index (χ4v) is 2.54. The van der Waals surface area contributed by atoms with E-state index < -0.39 is 16.2 Å². The monoisotopic (exact) mass is 255 g/mol. The minimum absolute atomic E-state index is 0.164. The molecule has 0 atom stereocenters. The van der Waals surface area contributed by atoms with Crippen LogP contribution in [-0.4, -0.2) is 38.9 Å². The van der Waals surface area contributed by atoms with Crippen molar-refractivity contribution < 1.29 is 13.2 Å². The van der Waals surface area contributed by atoms with Gasteiger partial charge in [-0.3, -0.25) is 4.90 Å². The molecule has 1 aliphatic rings. The number of nitrogens with zero attached hydrogens (tertiary/aromatic N) is 2. The smallest absolute Gasteiger partial charge is 0.292 e. The first-order valence-corrected chi connectivity index (χ1v) is 6.58. The van der Waals surface area contributed by atoms with Gasteiger partial charge < -0.3 is 0 Å². The molecule has 0 spiro atoms. The third kappa shape index (κ3) is 2.11. The molecule has 2 rings (SSSR count). The van der Waals surface area contributed by atoms with E-state index in [1.807, 2.05) is 6.07 Å². The SMILES string of the molecule is CNS(=O)(=O)N1CCN(c2ccccc2)C1=O. The molecule has 0 aromatic heterocycles. The van der Waals surface area contributed by atoms with Crippen molar-refractivity contribution in [2.45, 2.75) is 0 Å². The van der Waals surface area contributed by atoms with Gasteiger partial charge in [0.2, 0.25) is 0 Å². The fourth-order valence-electron chi connectivity index (χ4n) is 1.70. The number of anilines is 1. The second-order valence-electron chi connectivity index (χ2n) is 3.55. The van der Waals surface area contributed by atoms with Crippen molar-refractivity contribution in [1.82, 2.24) is 9.03 Å². The van der Waals surface area contributed by atoms with Crippen molar-refractivity contribution >= 4 is 21.9 Å². The number of urea groups is 1. The number of amides is 2. The first-order valence-electron chi connectivity index (χ1n) is 5.14. The molecule has 17 heavy (non-hydrogen) atoms. The number of hydrogen-bond donors (Lipinski definition) is 1. The maximum Gasteiger partial charge on any atom is 0.339 e. The van der Waals surface area contributed by atoms with Crippen molar-refractivity contribution in [2.75, 3.05) is 25.0 Å². The molecule has 0 radical (unpaired) electrons. The number of nitrogens with one attached hydrogen (secondary N) is 1. The molecule has 92 valence electrons. The maximum atomic E-state index is 11.9. The van der Waals surface area contributed by atoms with E-state index in [-0.39, 0.29) is 6.54 Å². The normalized spacial score (nSPS) is 16.6. The van der Waals surface area contributed by atoms with Crippen molar-refractivity contribution in [3.8, 4) is 0 Å². The van der Waals surface area contributed by atoms with E-state index in [4.69, 9.17) is 0 Å². The molecule has 1 aliphatic heterocycles. The lowest BCUT2D eigenvalue weighted by Crippen LogP contribution is -2.41. The highest BCUT2D eigenvalue weighted by Crippen LogP contribution is 2.20. The van der Waals surface area contributed by atoms with Crippen LogP contribution in [0.3, 0.4) is 0 Å². The van der Waals surface area contributed by atoms with Crippen LogP contribution in [0.4, 0.5) is 10.5 Å². The van der Waals surface area contributed by atoms with E-state index in [9.17, 15) is 13.2 Å². The lowest BCUT2D eigenvalue weighted by molar-refractivity contribution is 0.239. The molecule has 1 heterocycles. The second kappa shape index (κ2) is 4.34. The van der Waals surface area contributed by atoms with Gasteiger partial charge in [-0.2, -0.15) is 8.42 Å². The van der Waals surface area contributed by atoms with Crippen molar-refractivity contribution in [1.29, 1.82) is 0 Å². The van der Waals surface area contributed by atoms with Crippen LogP contribution in [0.15, 0.2) is 30.3 Å². The summed E-state index contributed by atoms with van der Waals surface area (Å²) >= 11 is 0. The summed E-state index contributed by atoms with van der Waals surface area (Å²) in [5.41, 5.74) is 0.700. The molecule has 0 aliphatic carbocycles. The Hall–Kier alpha value is -1.60. The topological polar surface area (TPSA) is 69.7 Å². The zero-order valence-corrected chi connectivity index (χ0v) is 10.1. The van der Waals surface area contributed by atoms with Gasteiger partial charge in [-0.25, -0.2) is 13.8 Å². The first-order chi connectivity index (χ1) is 8.06. The van der Waals surface area contributed by atoms with Crippen molar-refractivity contribution in [2.24, 2.45) is 0 Å². The Labute approximate surface area is 100 Å². The van der Waals surface area contributed by atoms with E-state index in [0.29, 0.717) is 12.2 Å². The standard InChI is InChI=1S/C10H13N3O3S/c1-11-17(15,16)13-8-7-12(10(13)14)9-5-3-2-4-6-9/h2-6,11H,7-8H2,1H3. The molecule has 7 heteroatoms. The molecule has 0 unspecified atom stereocenters. The van der Waals surface area contributed by atoms with Gasteiger partial charge in [0.15, 0.2) is 0 Å². The highest BCUT2D eigenvalue weighted by molar-refractivity contribution is 7.87. The highest BCUT2D eigenvalue weighted by atomic mass is 32.2. The Bertz CT molecular complexity index is 515. The molecule has 0 saturated carbocycles. The highest BCUT2D eigenvalue weighted by Gasteiger charge is 2.36. The van der Waals surface area contributed by atoms with Crippen LogP contribution >= 0.6 is 0 Å². The summed E-state index contributed by atoms with van der Waals surface area (Å²) in [5, 5.41) is 0. The summed E-state index contributed by atoms with van der Waals surface area (Å²) in [5.74, 6) is 0. The summed E-state index contributed by atoms with van der Waals surface area (Å²) in [6, 6.07) is 8.47. The van der Waals surface area contributed by atoms with Gasteiger partial charge in [0.05, 0.1) is 6.54 Å². The summed E-state index contributed by atoms with van der Waals surface area (Å²) in [4.78, 5) is 13.4. The lowest BCUT2D eigenvalue weighted by Gasteiger charge is -2.17. The number of carbonyl (C=O) groups is 1. The van der Waals surface area contributed by atoms with E-state index in [0.717, 1.165) is 4.31 Å². The molecule has 6 nitrogen and oxygen atoms in total. The number of rotatable bonds is 3. The van der Waals surface area contributed by atoms with Gasteiger partial charge in [-0.15, -0.1) is 0 Å². The number of para-hydroxylation sites is 1. The third-order valence-corrected chi connectivity index (χ3v) is 4.02. The van der Waals surface area contributed by atoms with Crippen molar-refractivity contribution in [3.63, 3.8) is 0 Å². The van der Waals surface area contributed by atoms with E-state index >= 15 is 0 Å². The van der Waals surface area contributed by atoms with Gasteiger partial charge >= 0.3 is 16.2 Å². The van der Waals surface area contributed by atoms with Crippen LogP contribution in [-0.2, 0) is 10.2 Å². The summed E-state index contributed by atoms with van der Waals surface area (Å²) in [7, 11) is -2.41. The van der Waals surface area contributed by atoms with Crippen molar-refractivity contribution in [3.05, 3.63) is 30.3 Å². The minimum Gasteiger partial charge on any atom is -0.292 e. The van der Waals surface area contributed by atoms with Crippen LogP contribution in [0.25, 0.3) is 0 Å². The Morgan fingerprint density at radius 1 is 1.18 bits per heavy atom. The van der Waals surface area contributed by atoms with Gasteiger partial charge in [0, 0.05) is 19.3 Å². The Balaban J connectivity index is 2.25. The fraction of sp³-hybridized carbons (Fsp3) is 0.300. The average molecular weight is 255 g/mol. The van der Waals surface area contributed by atoms with Crippen LogP contribution in [0.1, 0.15) is 0 Å². The molecule has 1 fully saturated rings. The van der Waals surface area contributed by atoms with Gasteiger partial charge in [0.25, 0.3) is 0 Å². The van der Waals surface area contributed by atoms with E-state index in [1.54, 1.807) is 24.3 Å². The van der Waals surface area contributed by atoms with Crippen LogP contribution in [0, 0.1) is 0 Å². The minimum atomic E-state index is -3.70. The summed E-state index contributed by atoms with van der Waals surface area (Å²) in [6.07, 6.45) is 0. The molecular formula is C10H13N3O3S. The summed E-state index contributed by atoms with van der Waals surface area (Å²) < 4.78 is 26.1. The molecule has 1 saturated heterocycles. The Kier molecular flexibility index (Phi) is 3.03. The van der Waals surface area contributed by atoms with Crippen LogP contribution in [0.5, 0.6) is 0 Å². The number of hydrogen-bond acceptors (Lipinski definition) is 3. The Morgan fingerprint density at radius 2 is 1.82 bits per heavy atom. The lowest BCUT2D eigenvalue weighted by atomic mass is 10.3. The molecule has 2 amide bonds. The molecular weight excluding hydrogens is 242 g/mol. The predicted octanol–water partition coefficient (Wildman–Crippen LogP) is 0.393. The summed E-state index contributed by atoms with van der Waals surface area (Å²) in [6.45, 7) is 0.528. The molecule has 1 aromatic carbocycles. The first kappa shape index (κ1) is 11.9. The number of benzene rings is 1. The largest absolute Gasteiger partial charge is 0.339 e. The van der Waals surface area contributed by atoms with E-state index in [2.05, 4.69) is 4.72 Å². The molecule has 1 N–H and O–H groups in total. The molecule has 1 aromatic rings. The quantitative estimate of drug-likeness (QED) is 0.849.